The van der Waals surface area contributed by atoms with E-state index in [4.69, 9.17) is 0 Å². The van der Waals surface area contributed by atoms with Gasteiger partial charge in [0.15, 0.2) is 0 Å². The molecule has 0 aliphatic carbocycles. The van der Waals surface area contributed by atoms with E-state index in [-0.39, 0.29) is 0 Å². The summed E-state index contributed by atoms with van der Waals surface area (Å²) in [5.74, 6) is 0.750. The van der Waals surface area contributed by atoms with Crippen molar-refractivity contribution in [3.63, 3.8) is 0 Å². The molecule has 1 N–H and O–H groups in total. The SMILES string of the molecule is CCC(C)(C)N(C)C(C)CCNCC(C)C. The summed E-state index contributed by atoms with van der Waals surface area (Å²) in [5, 5.41) is 3.51. The van der Waals surface area contributed by atoms with Crippen molar-refractivity contribution in [3.05, 3.63) is 0 Å². The van der Waals surface area contributed by atoms with Crippen LogP contribution >= 0.6 is 0 Å². The third-order valence-corrected chi connectivity index (χ3v) is 3.77. The molecule has 1 unspecified atom stereocenters. The Balaban J connectivity index is 3.84. The van der Waals surface area contributed by atoms with Crippen LogP contribution in [0.25, 0.3) is 0 Å². The minimum Gasteiger partial charge on any atom is -0.316 e. The quantitative estimate of drug-likeness (QED) is 0.642. The van der Waals surface area contributed by atoms with Crippen LogP contribution in [-0.4, -0.2) is 36.6 Å². The molecule has 0 aromatic rings. The zero-order chi connectivity index (χ0) is 12.8. The van der Waals surface area contributed by atoms with E-state index in [1.807, 2.05) is 0 Å². The van der Waals surface area contributed by atoms with E-state index < -0.39 is 0 Å². The maximum Gasteiger partial charge on any atom is 0.0150 e. The fourth-order valence-corrected chi connectivity index (χ4v) is 1.74. The van der Waals surface area contributed by atoms with E-state index in [2.05, 4.69) is 58.8 Å². The van der Waals surface area contributed by atoms with Gasteiger partial charge in [0, 0.05) is 11.6 Å². The van der Waals surface area contributed by atoms with Crippen molar-refractivity contribution in [3.8, 4) is 0 Å². The molecule has 0 amide bonds. The Kier molecular flexibility index (Phi) is 7.25. The summed E-state index contributed by atoms with van der Waals surface area (Å²) >= 11 is 0. The van der Waals surface area contributed by atoms with Crippen molar-refractivity contribution in [2.75, 3.05) is 20.1 Å². The Morgan fingerprint density at radius 2 is 1.75 bits per heavy atom. The summed E-state index contributed by atoms with van der Waals surface area (Å²) in [6.07, 6.45) is 2.43. The van der Waals surface area contributed by atoms with Gasteiger partial charge >= 0.3 is 0 Å². The molecule has 0 heterocycles. The monoisotopic (exact) mass is 228 g/mol. The highest BCUT2D eigenvalue weighted by molar-refractivity contribution is 4.81. The normalized spacial score (nSPS) is 14.8. The summed E-state index contributed by atoms with van der Waals surface area (Å²) in [4.78, 5) is 2.50. The molecule has 0 saturated carbocycles. The molecule has 0 aromatic carbocycles. The van der Waals surface area contributed by atoms with Crippen molar-refractivity contribution in [2.45, 2.75) is 66.0 Å². The van der Waals surface area contributed by atoms with Gasteiger partial charge in [-0.15, -0.1) is 0 Å². The standard InChI is InChI=1S/C14H32N2/c1-8-14(5,6)16(7)13(4)9-10-15-11-12(2)3/h12-13,15H,8-11H2,1-7H3. The molecule has 0 aromatic heterocycles. The number of nitrogens with zero attached hydrogens (tertiary/aromatic N) is 1. The smallest absolute Gasteiger partial charge is 0.0150 e. The van der Waals surface area contributed by atoms with E-state index >= 15 is 0 Å². The molecule has 1 atom stereocenters. The van der Waals surface area contributed by atoms with Gasteiger partial charge in [-0.25, -0.2) is 0 Å². The summed E-state index contributed by atoms with van der Waals surface area (Å²) in [7, 11) is 2.25. The summed E-state index contributed by atoms with van der Waals surface area (Å²) in [6.45, 7) is 16.0. The van der Waals surface area contributed by atoms with Gasteiger partial charge in [0.25, 0.3) is 0 Å². The highest BCUT2D eigenvalue weighted by Gasteiger charge is 2.24. The third kappa shape index (κ3) is 5.86. The summed E-state index contributed by atoms with van der Waals surface area (Å²) < 4.78 is 0. The van der Waals surface area contributed by atoms with Gasteiger partial charge in [-0.2, -0.15) is 0 Å². The molecular weight excluding hydrogens is 196 g/mol. The lowest BCUT2D eigenvalue weighted by molar-refractivity contribution is 0.101. The zero-order valence-electron chi connectivity index (χ0n) is 12.4. The molecular formula is C14H32N2. The third-order valence-electron chi connectivity index (χ3n) is 3.77. The lowest BCUT2D eigenvalue weighted by Crippen LogP contribution is -2.46. The van der Waals surface area contributed by atoms with E-state index in [0.29, 0.717) is 11.6 Å². The second-order valence-electron chi connectivity index (χ2n) is 6.01. The fraction of sp³-hybridized carbons (Fsp3) is 1.00. The molecule has 0 aliphatic heterocycles. The maximum atomic E-state index is 3.51. The molecule has 0 fully saturated rings. The summed E-state index contributed by atoms with van der Waals surface area (Å²) in [5.41, 5.74) is 0.317. The number of hydrogen-bond acceptors (Lipinski definition) is 2. The first kappa shape index (κ1) is 15.9. The van der Waals surface area contributed by atoms with Gasteiger partial charge in [-0.1, -0.05) is 20.8 Å². The Bertz CT molecular complexity index is 176. The molecule has 0 aliphatic rings. The van der Waals surface area contributed by atoms with E-state index in [0.717, 1.165) is 19.0 Å². The van der Waals surface area contributed by atoms with Crippen LogP contribution in [0, 0.1) is 5.92 Å². The molecule has 2 nitrogen and oxygen atoms in total. The Morgan fingerprint density at radius 3 is 2.19 bits per heavy atom. The Hall–Kier alpha value is -0.0800. The van der Waals surface area contributed by atoms with Crippen molar-refractivity contribution in [1.29, 1.82) is 0 Å². The molecule has 0 spiro atoms. The molecule has 0 bridgehead atoms. The first-order valence-corrected chi connectivity index (χ1v) is 6.75. The van der Waals surface area contributed by atoms with Crippen molar-refractivity contribution in [2.24, 2.45) is 5.92 Å². The minimum absolute atomic E-state index is 0.317. The minimum atomic E-state index is 0.317. The van der Waals surface area contributed by atoms with Crippen LogP contribution in [0.15, 0.2) is 0 Å². The molecule has 16 heavy (non-hydrogen) atoms. The van der Waals surface area contributed by atoms with Crippen molar-refractivity contribution in [1.82, 2.24) is 10.2 Å². The van der Waals surface area contributed by atoms with Gasteiger partial charge in [-0.05, 0) is 59.7 Å². The van der Waals surface area contributed by atoms with Crippen LogP contribution in [0.5, 0.6) is 0 Å². The molecule has 2 heteroatoms. The highest BCUT2D eigenvalue weighted by Crippen LogP contribution is 2.20. The molecule has 0 radical (unpaired) electrons. The lowest BCUT2D eigenvalue weighted by atomic mass is 9.97. The zero-order valence-corrected chi connectivity index (χ0v) is 12.4. The van der Waals surface area contributed by atoms with Crippen LogP contribution in [0.4, 0.5) is 0 Å². The van der Waals surface area contributed by atoms with E-state index in [1.165, 1.54) is 12.8 Å². The fourth-order valence-electron chi connectivity index (χ4n) is 1.74. The summed E-state index contributed by atoms with van der Waals surface area (Å²) in [6, 6.07) is 0.648. The number of rotatable bonds is 8. The first-order valence-electron chi connectivity index (χ1n) is 6.75. The average molecular weight is 228 g/mol. The maximum absolute atomic E-state index is 3.51. The number of nitrogens with one attached hydrogen (secondary N) is 1. The Labute approximate surface area is 103 Å². The van der Waals surface area contributed by atoms with Crippen LogP contribution in [0.1, 0.15) is 54.4 Å². The van der Waals surface area contributed by atoms with Gasteiger partial charge in [0.2, 0.25) is 0 Å². The molecule has 0 saturated heterocycles. The topological polar surface area (TPSA) is 15.3 Å². The van der Waals surface area contributed by atoms with Gasteiger partial charge in [-0.3, -0.25) is 4.90 Å². The van der Waals surface area contributed by atoms with Gasteiger partial charge in [0.1, 0.15) is 0 Å². The second kappa shape index (κ2) is 7.29. The first-order chi connectivity index (χ1) is 7.31. The number of hydrogen-bond donors (Lipinski definition) is 1. The van der Waals surface area contributed by atoms with Crippen molar-refractivity contribution < 1.29 is 0 Å². The van der Waals surface area contributed by atoms with Crippen LogP contribution < -0.4 is 5.32 Å². The van der Waals surface area contributed by atoms with E-state index in [9.17, 15) is 0 Å². The van der Waals surface area contributed by atoms with E-state index in [1.54, 1.807) is 0 Å². The second-order valence-corrected chi connectivity index (χ2v) is 6.01. The lowest BCUT2D eigenvalue weighted by Gasteiger charge is -2.39. The largest absolute Gasteiger partial charge is 0.316 e. The predicted molar refractivity (Wildman–Crippen MR) is 73.9 cm³/mol. The molecule has 0 rings (SSSR count). The Morgan fingerprint density at radius 1 is 1.19 bits per heavy atom. The van der Waals surface area contributed by atoms with Crippen LogP contribution in [0.2, 0.25) is 0 Å². The molecule has 98 valence electrons. The van der Waals surface area contributed by atoms with Gasteiger partial charge in [0.05, 0.1) is 0 Å². The van der Waals surface area contributed by atoms with Crippen molar-refractivity contribution >= 4 is 0 Å². The average Bonchev–Trinajstić information content (AvgIpc) is 2.22. The van der Waals surface area contributed by atoms with Crippen LogP contribution in [-0.2, 0) is 0 Å². The predicted octanol–water partition coefficient (Wildman–Crippen LogP) is 3.13. The van der Waals surface area contributed by atoms with Gasteiger partial charge < -0.3 is 5.32 Å². The van der Waals surface area contributed by atoms with Crippen LogP contribution in [0.3, 0.4) is 0 Å². The highest BCUT2D eigenvalue weighted by atomic mass is 15.2.